The lowest BCUT2D eigenvalue weighted by Crippen LogP contribution is -2.17. The van der Waals surface area contributed by atoms with Gasteiger partial charge in [0.25, 0.3) is 0 Å². The smallest absolute Gasteiger partial charge is 0.507 e. The van der Waals surface area contributed by atoms with Crippen molar-refractivity contribution >= 4 is 0 Å². The number of aromatic hydroxyl groups is 1. The first-order valence-corrected chi connectivity index (χ1v) is 3.85. The molecule has 2 nitrogen and oxygen atoms in total. The van der Waals surface area contributed by atoms with Crippen molar-refractivity contribution in [2.45, 2.75) is 20.2 Å². The summed E-state index contributed by atoms with van der Waals surface area (Å²) in [5, 5.41) is 9.29. The van der Waals surface area contributed by atoms with Gasteiger partial charge < -0.3 is 9.84 Å². The van der Waals surface area contributed by atoms with Crippen LogP contribution >= 0.6 is 0 Å². The third-order valence-corrected chi connectivity index (χ3v) is 1.70. The normalized spacial score (nSPS) is 11.5. The summed E-state index contributed by atoms with van der Waals surface area (Å²) in [7, 11) is 0. The predicted molar refractivity (Wildman–Crippen MR) is 44.3 cm³/mol. The average Bonchev–Trinajstić information content (AvgIpc) is 1.96. The molecule has 0 bridgehead atoms. The molecule has 0 aromatic heterocycles. The molecule has 5 heteroatoms. The van der Waals surface area contributed by atoms with Crippen LogP contribution in [0, 0.1) is 13.8 Å². The highest BCUT2D eigenvalue weighted by molar-refractivity contribution is 5.44. The Bertz CT molecular complexity index is 321. The quantitative estimate of drug-likeness (QED) is 0.765. The van der Waals surface area contributed by atoms with E-state index in [0.717, 1.165) is 12.1 Å². The molecule has 78 valence electrons. The molecule has 0 saturated heterocycles. The SMILES string of the molecule is Cc1cc(OC(F)(F)F)cc(C)c1O. The minimum Gasteiger partial charge on any atom is -0.507 e. The first-order chi connectivity index (χ1) is 6.29. The largest absolute Gasteiger partial charge is 0.573 e. The summed E-state index contributed by atoms with van der Waals surface area (Å²) in [4.78, 5) is 0. The van der Waals surface area contributed by atoms with Crippen molar-refractivity contribution in [1.29, 1.82) is 0 Å². The molecule has 0 aliphatic rings. The van der Waals surface area contributed by atoms with Crippen LogP contribution in [0.4, 0.5) is 13.2 Å². The number of alkyl halides is 3. The standard InChI is InChI=1S/C9H9F3O2/c1-5-3-7(14-9(10,11)12)4-6(2)8(5)13/h3-4,13H,1-2H3. The Kier molecular flexibility index (Phi) is 2.59. The second kappa shape index (κ2) is 3.40. The summed E-state index contributed by atoms with van der Waals surface area (Å²) in [5.74, 6) is -0.329. The number of phenols is 1. The Morgan fingerprint density at radius 1 is 1.14 bits per heavy atom. The Labute approximate surface area is 78.9 Å². The van der Waals surface area contributed by atoms with E-state index in [4.69, 9.17) is 0 Å². The average molecular weight is 206 g/mol. The highest BCUT2D eigenvalue weighted by Gasteiger charge is 2.31. The molecule has 1 N–H and O–H groups in total. The van der Waals surface area contributed by atoms with Crippen LogP contribution in [0.2, 0.25) is 0 Å². The van der Waals surface area contributed by atoms with E-state index >= 15 is 0 Å². The Morgan fingerprint density at radius 2 is 1.57 bits per heavy atom. The monoisotopic (exact) mass is 206 g/mol. The van der Waals surface area contributed by atoms with Crippen molar-refractivity contribution < 1.29 is 23.0 Å². The summed E-state index contributed by atoms with van der Waals surface area (Å²) in [6.07, 6.45) is -4.70. The first-order valence-electron chi connectivity index (χ1n) is 3.85. The van der Waals surface area contributed by atoms with Crippen molar-refractivity contribution in [3.63, 3.8) is 0 Å². The second-order valence-corrected chi connectivity index (χ2v) is 2.95. The van der Waals surface area contributed by atoms with Crippen molar-refractivity contribution in [2.75, 3.05) is 0 Å². The molecule has 1 aromatic rings. The van der Waals surface area contributed by atoms with Gasteiger partial charge in [0.2, 0.25) is 0 Å². The number of hydrogen-bond acceptors (Lipinski definition) is 2. The lowest BCUT2D eigenvalue weighted by molar-refractivity contribution is -0.274. The molecule has 0 atom stereocenters. The van der Waals surface area contributed by atoms with E-state index in [2.05, 4.69) is 4.74 Å². The number of rotatable bonds is 1. The minimum absolute atomic E-state index is 0.0143. The van der Waals surface area contributed by atoms with Crippen LogP contribution in [0.1, 0.15) is 11.1 Å². The number of hydrogen-bond donors (Lipinski definition) is 1. The van der Waals surface area contributed by atoms with E-state index in [9.17, 15) is 18.3 Å². The summed E-state index contributed by atoms with van der Waals surface area (Å²) in [6.45, 7) is 3.01. The zero-order valence-electron chi connectivity index (χ0n) is 7.64. The molecule has 0 unspecified atom stereocenters. The molecule has 0 amide bonds. The van der Waals surface area contributed by atoms with Crippen molar-refractivity contribution in [1.82, 2.24) is 0 Å². The van der Waals surface area contributed by atoms with E-state index in [0.29, 0.717) is 11.1 Å². The summed E-state index contributed by atoms with van der Waals surface area (Å²) in [6, 6.07) is 2.27. The van der Waals surface area contributed by atoms with Gasteiger partial charge >= 0.3 is 6.36 Å². The van der Waals surface area contributed by atoms with Crippen molar-refractivity contribution in [2.24, 2.45) is 0 Å². The van der Waals surface area contributed by atoms with Gasteiger partial charge in [-0.15, -0.1) is 13.2 Å². The number of halogens is 3. The lowest BCUT2D eigenvalue weighted by atomic mass is 10.1. The number of benzene rings is 1. The van der Waals surface area contributed by atoms with E-state index in [-0.39, 0.29) is 11.5 Å². The van der Waals surface area contributed by atoms with Gasteiger partial charge in [-0.25, -0.2) is 0 Å². The fourth-order valence-corrected chi connectivity index (χ4v) is 1.11. The zero-order valence-corrected chi connectivity index (χ0v) is 7.64. The Balaban J connectivity index is 3.02. The summed E-state index contributed by atoms with van der Waals surface area (Å²) >= 11 is 0. The molecule has 14 heavy (non-hydrogen) atoms. The van der Waals surface area contributed by atoms with Crippen LogP contribution in [-0.2, 0) is 0 Å². The van der Waals surface area contributed by atoms with Gasteiger partial charge in [0, 0.05) is 0 Å². The molecule has 0 saturated carbocycles. The van der Waals surface area contributed by atoms with E-state index < -0.39 is 6.36 Å². The van der Waals surface area contributed by atoms with Crippen LogP contribution in [0.5, 0.6) is 11.5 Å². The van der Waals surface area contributed by atoms with Gasteiger partial charge in [-0.3, -0.25) is 0 Å². The summed E-state index contributed by atoms with van der Waals surface area (Å²) < 4.78 is 39.2. The zero-order chi connectivity index (χ0) is 10.9. The van der Waals surface area contributed by atoms with Gasteiger partial charge in [0.15, 0.2) is 0 Å². The van der Waals surface area contributed by atoms with E-state index in [1.165, 1.54) is 13.8 Å². The number of ether oxygens (including phenoxy) is 1. The van der Waals surface area contributed by atoms with Gasteiger partial charge in [0.1, 0.15) is 11.5 Å². The van der Waals surface area contributed by atoms with Gasteiger partial charge in [-0.2, -0.15) is 0 Å². The van der Waals surface area contributed by atoms with E-state index in [1.807, 2.05) is 0 Å². The maximum absolute atomic E-state index is 11.8. The van der Waals surface area contributed by atoms with Gasteiger partial charge in [-0.1, -0.05) is 0 Å². The first kappa shape index (κ1) is 10.7. The molecule has 0 heterocycles. The maximum Gasteiger partial charge on any atom is 0.573 e. The fourth-order valence-electron chi connectivity index (χ4n) is 1.11. The predicted octanol–water partition coefficient (Wildman–Crippen LogP) is 2.91. The minimum atomic E-state index is -4.70. The molecule has 0 spiro atoms. The van der Waals surface area contributed by atoms with Gasteiger partial charge in [-0.05, 0) is 37.1 Å². The third-order valence-electron chi connectivity index (χ3n) is 1.70. The van der Waals surface area contributed by atoms with Crippen LogP contribution in [-0.4, -0.2) is 11.5 Å². The molecule has 0 fully saturated rings. The van der Waals surface area contributed by atoms with Crippen molar-refractivity contribution in [3.05, 3.63) is 23.3 Å². The van der Waals surface area contributed by atoms with Crippen LogP contribution < -0.4 is 4.74 Å². The van der Waals surface area contributed by atoms with Crippen LogP contribution in [0.15, 0.2) is 12.1 Å². The van der Waals surface area contributed by atoms with Crippen LogP contribution in [0.25, 0.3) is 0 Å². The fraction of sp³-hybridized carbons (Fsp3) is 0.333. The molecular formula is C9H9F3O2. The Hall–Kier alpha value is -1.39. The van der Waals surface area contributed by atoms with E-state index in [1.54, 1.807) is 0 Å². The Morgan fingerprint density at radius 3 is 1.93 bits per heavy atom. The molecular weight excluding hydrogens is 197 g/mol. The van der Waals surface area contributed by atoms with Crippen molar-refractivity contribution in [3.8, 4) is 11.5 Å². The summed E-state index contributed by atoms with van der Waals surface area (Å²) in [5.41, 5.74) is 0.702. The third kappa shape index (κ3) is 2.55. The number of aryl methyl sites for hydroxylation is 2. The molecule has 0 aliphatic heterocycles. The lowest BCUT2D eigenvalue weighted by Gasteiger charge is -2.11. The second-order valence-electron chi connectivity index (χ2n) is 2.95. The highest BCUT2D eigenvalue weighted by Crippen LogP contribution is 2.30. The topological polar surface area (TPSA) is 29.5 Å². The number of phenolic OH excluding ortho intramolecular Hbond substituents is 1. The molecule has 0 aliphatic carbocycles. The molecule has 0 radical (unpaired) electrons. The van der Waals surface area contributed by atoms with Gasteiger partial charge in [0.05, 0.1) is 0 Å². The highest BCUT2D eigenvalue weighted by atomic mass is 19.4. The maximum atomic E-state index is 11.8. The molecule has 1 aromatic carbocycles. The molecule has 1 rings (SSSR count). The van der Waals surface area contributed by atoms with Crippen LogP contribution in [0.3, 0.4) is 0 Å².